The second-order valence-electron chi connectivity index (χ2n) is 6.87. The van der Waals surface area contributed by atoms with Crippen LogP contribution in [0.1, 0.15) is 23.6 Å². The van der Waals surface area contributed by atoms with E-state index in [0.29, 0.717) is 25.3 Å². The molecular formula is C21H20F3N3O2. The number of piperazine rings is 1. The summed E-state index contributed by atoms with van der Waals surface area (Å²) in [4.78, 5) is 15.7. The fourth-order valence-corrected chi connectivity index (χ4v) is 3.36. The molecule has 8 heteroatoms. The van der Waals surface area contributed by atoms with E-state index in [0.717, 1.165) is 11.6 Å². The van der Waals surface area contributed by atoms with Crippen LogP contribution in [-0.4, -0.2) is 36.7 Å². The van der Waals surface area contributed by atoms with Gasteiger partial charge in [0, 0.05) is 31.4 Å². The van der Waals surface area contributed by atoms with E-state index >= 15 is 0 Å². The molecule has 2 aromatic carbocycles. The Morgan fingerprint density at radius 1 is 1.21 bits per heavy atom. The zero-order valence-electron chi connectivity index (χ0n) is 15.8. The Morgan fingerprint density at radius 2 is 1.93 bits per heavy atom. The summed E-state index contributed by atoms with van der Waals surface area (Å²) < 4.78 is 45.0. The van der Waals surface area contributed by atoms with Crippen molar-refractivity contribution >= 4 is 11.8 Å². The van der Waals surface area contributed by atoms with Crippen LogP contribution in [0, 0.1) is 11.3 Å². The van der Waals surface area contributed by atoms with Crippen molar-refractivity contribution in [2.75, 3.05) is 24.5 Å². The highest BCUT2D eigenvalue weighted by atomic mass is 19.4. The molecule has 0 spiro atoms. The maximum Gasteiger partial charge on any atom is 0.417 e. The molecule has 0 radical (unpaired) electrons. The molecule has 1 saturated heterocycles. The largest absolute Gasteiger partial charge is 0.445 e. The molecule has 1 aliphatic rings. The van der Waals surface area contributed by atoms with Crippen LogP contribution in [0.4, 0.5) is 23.7 Å². The van der Waals surface area contributed by atoms with Crippen molar-refractivity contribution in [3.63, 3.8) is 0 Å². The van der Waals surface area contributed by atoms with Gasteiger partial charge in [-0.15, -0.1) is 0 Å². The molecule has 5 nitrogen and oxygen atoms in total. The molecule has 0 aliphatic carbocycles. The number of anilines is 1. The average Bonchev–Trinajstić information content (AvgIpc) is 2.71. The lowest BCUT2D eigenvalue weighted by Gasteiger charge is -2.41. The Balaban J connectivity index is 1.66. The molecule has 3 rings (SSSR count). The van der Waals surface area contributed by atoms with E-state index in [4.69, 9.17) is 10.00 Å². The number of hydrogen-bond donors (Lipinski definition) is 0. The van der Waals surface area contributed by atoms with Gasteiger partial charge in [0.2, 0.25) is 0 Å². The van der Waals surface area contributed by atoms with Crippen LogP contribution < -0.4 is 4.90 Å². The van der Waals surface area contributed by atoms with E-state index in [1.54, 1.807) is 15.9 Å². The number of carbonyl (C=O) groups is 1. The summed E-state index contributed by atoms with van der Waals surface area (Å²) in [6.07, 6.45) is -5.05. The van der Waals surface area contributed by atoms with Crippen LogP contribution in [0.2, 0.25) is 0 Å². The van der Waals surface area contributed by atoms with E-state index in [2.05, 4.69) is 0 Å². The second kappa shape index (κ2) is 8.43. The molecule has 0 unspecified atom stereocenters. The monoisotopic (exact) mass is 403 g/mol. The standard InChI is InChI=1S/C21H20F3N3O2/c1-15-13-26(20(28)29-14-16-5-3-2-4-6-16)9-10-27(15)18-8-7-17(12-25)19(11-18)21(22,23)24/h2-8,11,15H,9-10,13-14H2,1H3/t15-/m0/s1. The fourth-order valence-electron chi connectivity index (χ4n) is 3.36. The van der Waals surface area contributed by atoms with Gasteiger partial charge < -0.3 is 14.5 Å². The minimum absolute atomic E-state index is 0.166. The van der Waals surface area contributed by atoms with E-state index in [9.17, 15) is 18.0 Å². The minimum atomic E-state index is -4.60. The lowest BCUT2D eigenvalue weighted by Crippen LogP contribution is -2.54. The summed E-state index contributed by atoms with van der Waals surface area (Å²) in [6.45, 7) is 3.03. The second-order valence-corrected chi connectivity index (χ2v) is 6.87. The van der Waals surface area contributed by atoms with Crippen LogP contribution in [0.5, 0.6) is 0 Å². The van der Waals surface area contributed by atoms with E-state index in [1.807, 2.05) is 37.3 Å². The number of carbonyl (C=O) groups excluding carboxylic acids is 1. The molecule has 2 aromatic rings. The molecule has 0 saturated carbocycles. The van der Waals surface area contributed by atoms with Gasteiger partial charge in [0.15, 0.2) is 0 Å². The maximum absolute atomic E-state index is 13.2. The summed E-state index contributed by atoms with van der Waals surface area (Å²) in [5.74, 6) is 0. The minimum Gasteiger partial charge on any atom is -0.445 e. The number of benzene rings is 2. The first-order valence-electron chi connectivity index (χ1n) is 9.13. The third-order valence-corrected chi connectivity index (χ3v) is 4.85. The average molecular weight is 403 g/mol. The molecule has 1 amide bonds. The molecule has 1 aliphatic heterocycles. The Bertz CT molecular complexity index is 910. The van der Waals surface area contributed by atoms with Gasteiger partial charge in [-0.05, 0) is 30.7 Å². The van der Waals surface area contributed by atoms with Gasteiger partial charge in [-0.25, -0.2) is 4.79 Å². The Hall–Kier alpha value is -3.21. The summed E-state index contributed by atoms with van der Waals surface area (Å²) in [5.41, 5.74) is -0.0997. The molecule has 0 N–H and O–H groups in total. The van der Waals surface area contributed by atoms with Gasteiger partial charge >= 0.3 is 12.3 Å². The number of hydrogen-bond acceptors (Lipinski definition) is 4. The highest BCUT2D eigenvalue weighted by Crippen LogP contribution is 2.35. The summed E-state index contributed by atoms with van der Waals surface area (Å²) in [5, 5.41) is 8.94. The van der Waals surface area contributed by atoms with E-state index in [1.165, 1.54) is 12.1 Å². The summed E-state index contributed by atoms with van der Waals surface area (Å²) in [6, 6.07) is 14.4. The highest BCUT2D eigenvalue weighted by molar-refractivity contribution is 5.68. The van der Waals surface area contributed by atoms with Gasteiger partial charge in [0.25, 0.3) is 0 Å². The normalized spacial score (nSPS) is 17.0. The Labute approximate surface area is 166 Å². The third kappa shape index (κ3) is 4.80. The van der Waals surface area contributed by atoms with Crippen molar-refractivity contribution in [3.8, 4) is 6.07 Å². The van der Waals surface area contributed by atoms with Gasteiger partial charge in [-0.2, -0.15) is 18.4 Å². The van der Waals surface area contributed by atoms with Crippen molar-refractivity contribution < 1.29 is 22.7 Å². The van der Waals surface area contributed by atoms with Crippen LogP contribution in [0.15, 0.2) is 48.5 Å². The van der Waals surface area contributed by atoms with Crippen LogP contribution in [-0.2, 0) is 17.5 Å². The Kier molecular flexibility index (Phi) is 5.97. The zero-order chi connectivity index (χ0) is 21.0. The van der Waals surface area contributed by atoms with Crippen molar-refractivity contribution in [3.05, 3.63) is 65.2 Å². The lowest BCUT2D eigenvalue weighted by atomic mass is 10.0. The number of amides is 1. The van der Waals surface area contributed by atoms with Crippen molar-refractivity contribution in [2.45, 2.75) is 25.7 Å². The number of alkyl halides is 3. The van der Waals surface area contributed by atoms with Gasteiger partial charge in [0.1, 0.15) is 6.61 Å². The molecule has 1 heterocycles. The van der Waals surface area contributed by atoms with Crippen LogP contribution in [0.25, 0.3) is 0 Å². The molecule has 1 fully saturated rings. The molecule has 1 atom stereocenters. The lowest BCUT2D eigenvalue weighted by molar-refractivity contribution is -0.137. The number of nitrogens with zero attached hydrogens (tertiary/aromatic N) is 3. The quantitative estimate of drug-likeness (QED) is 0.761. The van der Waals surface area contributed by atoms with E-state index < -0.39 is 23.4 Å². The van der Waals surface area contributed by atoms with Crippen LogP contribution in [0.3, 0.4) is 0 Å². The molecular weight excluding hydrogens is 383 g/mol. The predicted octanol–water partition coefficient (Wildman–Crippen LogP) is 4.42. The first-order valence-corrected chi connectivity index (χ1v) is 9.13. The number of rotatable bonds is 3. The molecule has 0 aromatic heterocycles. The van der Waals surface area contributed by atoms with Crippen LogP contribution >= 0.6 is 0 Å². The zero-order valence-corrected chi connectivity index (χ0v) is 15.8. The van der Waals surface area contributed by atoms with Gasteiger partial charge in [-0.3, -0.25) is 0 Å². The molecule has 29 heavy (non-hydrogen) atoms. The van der Waals surface area contributed by atoms with Gasteiger partial charge in [-0.1, -0.05) is 30.3 Å². The Morgan fingerprint density at radius 3 is 2.55 bits per heavy atom. The van der Waals surface area contributed by atoms with Crippen molar-refractivity contribution in [1.29, 1.82) is 5.26 Å². The first kappa shape index (κ1) is 20.5. The predicted molar refractivity (Wildman–Crippen MR) is 101 cm³/mol. The van der Waals surface area contributed by atoms with Crippen molar-refractivity contribution in [1.82, 2.24) is 4.90 Å². The highest BCUT2D eigenvalue weighted by Gasteiger charge is 2.35. The molecule has 0 bridgehead atoms. The fraction of sp³-hybridized carbons (Fsp3) is 0.333. The van der Waals surface area contributed by atoms with E-state index in [-0.39, 0.29) is 12.6 Å². The first-order chi connectivity index (χ1) is 13.8. The third-order valence-electron chi connectivity index (χ3n) is 4.85. The summed E-state index contributed by atoms with van der Waals surface area (Å²) >= 11 is 0. The molecule has 152 valence electrons. The number of ether oxygens (including phenoxy) is 1. The van der Waals surface area contributed by atoms with Gasteiger partial charge in [0.05, 0.1) is 17.2 Å². The van der Waals surface area contributed by atoms with Crippen molar-refractivity contribution in [2.24, 2.45) is 0 Å². The number of nitriles is 1. The maximum atomic E-state index is 13.2. The topological polar surface area (TPSA) is 56.6 Å². The number of halogens is 3. The SMILES string of the molecule is C[C@H]1CN(C(=O)OCc2ccccc2)CCN1c1ccc(C#N)c(C(F)(F)F)c1. The summed E-state index contributed by atoms with van der Waals surface area (Å²) in [7, 11) is 0. The smallest absolute Gasteiger partial charge is 0.417 e.